The first-order valence-corrected chi connectivity index (χ1v) is 16.8. The fourth-order valence-corrected chi connectivity index (χ4v) is 7.93. The van der Waals surface area contributed by atoms with Crippen LogP contribution in [-0.2, 0) is 29.6 Å². The first-order chi connectivity index (χ1) is 20.0. The number of benzene rings is 2. The number of hydrogen-bond donors (Lipinski definition) is 4. The van der Waals surface area contributed by atoms with Crippen LogP contribution in [0.1, 0.15) is 26.2 Å². The molecular formula is C27H36N4O9S2. The minimum atomic E-state index is -3.77. The Bertz CT molecular complexity index is 1510. The third-order valence-electron chi connectivity index (χ3n) is 7.60. The second-order valence-electron chi connectivity index (χ2n) is 10.6. The molecule has 42 heavy (non-hydrogen) atoms. The van der Waals surface area contributed by atoms with Gasteiger partial charge >= 0.3 is 0 Å². The van der Waals surface area contributed by atoms with Gasteiger partial charge in [-0.15, -0.1) is 0 Å². The lowest BCUT2D eigenvalue weighted by atomic mass is 9.88. The highest BCUT2D eigenvalue weighted by Gasteiger charge is 2.45. The summed E-state index contributed by atoms with van der Waals surface area (Å²) in [6.45, 7) is 3.13. The number of aliphatic hydroxyl groups is 1. The average molecular weight is 625 g/mol. The number of rotatable bonds is 11. The molecule has 4 N–H and O–H groups in total. The van der Waals surface area contributed by atoms with Gasteiger partial charge in [0.15, 0.2) is 6.61 Å². The number of nitrogens with one attached hydrogen (secondary N) is 3. The summed E-state index contributed by atoms with van der Waals surface area (Å²) in [7, 11) is -7.38. The number of sulfonamides is 2. The molecule has 13 nitrogen and oxygen atoms in total. The number of piperidine rings is 1. The van der Waals surface area contributed by atoms with Crippen molar-refractivity contribution in [2.75, 3.05) is 51.3 Å². The van der Waals surface area contributed by atoms with E-state index in [1.54, 1.807) is 25.1 Å². The maximum atomic E-state index is 13.3. The normalized spacial score (nSPS) is 21.4. The van der Waals surface area contributed by atoms with E-state index in [0.717, 1.165) is 0 Å². The molecule has 5 rings (SSSR count). The van der Waals surface area contributed by atoms with Crippen molar-refractivity contribution in [1.29, 1.82) is 0 Å². The largest absolute Gasteiger partial charge is 0.491 e. The smallest absolute Gasteiger partial charge is 0.262 e. The van der Waals surface area contributed by atoms with Gasteiger partial charge in [0.05, 0.1) is 27.7 Å². The maximum Gasteiger partial charge on any atom is 0.262 e. The quantitative estimate of drug-likeness (QED) is 0.278. The van der Waals surface area contributed by atoms with Gasteiger partial charge in [-0.05, 0) is 49.6 Å². The number of hydrogen-bond acceptors (Lipinski definition) is 10. The van der Waals surface area contributed by atoms with Gasteiger partial charge in [-0.1, -0.05) is 13.0 Å². The molecule has 0 saturated carbocycles. The van der Waals surface area contributed by atoms with Crippen molar-refractivity contribution in [2.24, 2.45) is 0 Å². The molecule has 1 spiro atoms. The van der Waals surface area contributed by atoms with Crippen molar-refractivity contribution in [3.63, 3.8) is 0 Å². The van der Waals surface area contributed by atoms with Gasteiger partial charge in [-0.3, -0.25) is 4.79 Å². The molecule has 2 unspecified atom stereocenters. The van der Waals surface area contributed by atoms with E-state index in [0.29, 0.717) is 56.1 Å². The van der Waals surface area contributed by atoms with Gasteiger partial charge in [0, 0.05) is 38.3 Å². The van der Waals surface area contributed by atoms with E-state index in [-0.39, 0.29) is 48.0 Å². The van der Waals surface area contributed by atoms with Crippen LogP contribution in [-0.4, -0.2) is 95.9 Å². The van der Waals surface area contributed by atoms with Gasteiger partial charge in [-0.25, -0.2) is 21.6 Å². The number of amides is 1. The number of aliphatic hydroxyl groups excluding tert-OH is 1. The first-order valence-electron chi connectivity index (χ1n) is 13.8. The third kappa shape index (κ3) is 6.88. The highest BCUT2D eigenvalue weighted by atomic mass is 32.2. The lowest BCUT2D eigenvalue weighted by Crippen LogP contribution is -2.47. The van der Waals surface area contributed by atoms with Crippen LogP contribution in [0, 0.1) is 0 Å². The lowest BCUT2D eigenvalue weighted by molar-refractivity contribution is -0.118. The van der Waals surface area contributed by atoms with Gasteiger partial charge in [0.1, 0.15) is 24.2 Å². The van der Waals surface area contributed by atoms with E-state index < -0.39 is 31.8 Å². The summed E-state index contributed by atoms with van der Waals surface area (Å²) in [6.07, 6.45) is 0.912. The minimum absolute atomic E-state index is 0.0133. The van der Waals surface area contributed by atoms with E-state index in [2.05, 4.69) is 15.4 Å². The minimum Gasteiger partial charge on any atom is -0.491 e. The molecule has 2 fully saturated rings. The van der Waals surface area contributed by atoms with Crippen molar-refractivity contribution in [3.05, 3.63) is 42.5 Å². The number of nitrogens with zero attached hydrogens (tertiary/aromatic N) is 1. The van der Waals surface area contributed by atoms with Crippen LogP contribution >= 0.6 is 0 Å². The molecule has 0 aliphatic carbocycles. The maximum absolute atomic E-state index is 13.3. The van der Waals surface area contributed by atoms with Crippen molar-refractivity contribution in [3.8, 4) is 11.5 Å². The Morgan fingerprint density at radius 1 is 1.14 bits per heavy atom. The highest BCUT2D eigenvalue weighted by molar-refractivity contribution is 7.89. The predicted octanol–water partition coefficient (Wildman–Crippen LogP) is 0.657. The van der Waals surface area contributed by atoms with Crippen LogP contribution in [0.4, 0.5) is 5.69 Å². The number of carbonyl (C=O) groups excluding carboxylic acids is 1. The summed E-state index contributed by atoms with van der Waals surface area (Å²) in [4.78, 5) is 11.8. The molecule has 230 valence electrons. The van der Waals surface area contributed by atoms with Crippen LogP contribution in [0.25, 0.3) is 0 Å². The summed E-state index contributed by atoms with van der Waals surface area (Å²) < 4.78 is 72.0. The van der Waals surface area contributed by atoms with E-state index in [1.807, 2.05) is 0 Å². The van der Waals surface area contributed by atoms with E-state index in [9.17, 15) is 26.7 Å². The second-order valence-corrected chi connectivity index (χ2v) is 14.3. The Morgan fingerprint density at radius 3 is 2.69 bits per heavy atom. The fourth-order valence-electron chi connectivity index (χ4n) is 5.39. The summed E-state index contributed by atoms with van der Waals surface area (Å²) in [5, 5.41) is 16.4. The van der Waals surface area contributed by atoms with E-state index >= 15 is 0 Å². The molecule has 2 aromatic rings. The average Bonchev–Trinajstić information content (AvgIpc) is 3.37. The standard InChI is InChI=1S/C27H36N4O9S2/c1-2-29-41(34,35)22-5-3-4-21(12-22)38-17-20(32)15-28-19-14-27(40-16-19)8-10-31(11-9-27)42(36,37)23-6-7-25-24(13-23)30-26(33)18-39-25/h3-7,12-13,19-20,28-29,32H,2,8-11,14-18H2,1H3,(H,30,33). The Hall–Kier alpha value is -2.79. The Labute approximate surface area is 245 Å². The number of anilines is 1. The van der Waals surface area contributed by atoms with Crippen molar-refractivity contribution >= 4 is 31.6 Å². The molecule has 0 bridgehead atoms. The summed E-state index contributed by atoms with van der Waals surface area (Å²) in [6, 6.07) is 10.5. The predicted molar refractivity (Wildman–Crippen MR) is 152 cm³/mol. The Morgan fingerprint density at radius 2 is 1.93 bits per heavy atom. The number of carbonyl (C=O) groups is 1. The Balaban J connectivity index is 1.08. The van der Waals surface area contributed by atoms with Gasteiger partial charge < -0.3 is 30.0 Å². The highest BCUT2D eigenvalue weighted by Crippen LogP contribution is 2.38. The monoisotopic (exact) mass is 624 g/mol. The summed E-state index contributed by atoms with van der Waals surface area (Å²) in [5.41, 5.74) is -0.103. The van der Waals surface area contributed by atoms with Crippen LogP contribution < -0.4 is 24.8 Å². The summed E-state index contributed by atoms with van der Waals surface area (Å²) in [5.74, 6) is 0.443. The molecular weight excluding hydrogens is 588 g/mol. The second kappa shape index (κ2) is 12.4. The molecule has 0 aromatic heterocycles. The van der Waals surface area contributed by atoms with Gasteiger partial charge in [-0.2, -0.15) is 4.31 Å². The zero-order valence-corrected chi connectivity index (χ0v) is 24.9. The van der Waals surface area contributed by atoms with Gasteiger partial charge in [0.25, 0.3) is 5.91 Å². The zero-order valence-electron chi connectivity index (χ0n) is 23.2. The fraction of sp³-hybridized carbons (Fsp3) is 0.519. The SMILES string of the molecule is CCNS(=O)(=O)c1cccc(OCC(O)CNC2COC3(CCN(S(=O)(=O)c4ccc5c(c4)NC(=O)CO5)CC3)C2)c1. The molecule has 3 aliphatic rings. The van der Waals surface area contributed by atoms with Crippen molar-refractivity contribution in [1.82, 2.24) is 14.3 Å². The topological polar surface area (TPSA) is 173 Å². The van der Waals surface area contributed by atoms with Crippen molar-refractivity contribution < 1.29 is 40.9 Å². The lowest BCUT2D eigenvalue weighted by Gasteiger charge is -2.38. The van der Waals surface area contributed by atoms with Crippen LogP contribution in [0.5, 0.6) is 11.5 Å². The number of fused-ring (bicyclic) bond motifs is 1. The molecule has 15 heteroatoms. The van der Waals surface area contributed by atoms with Crippen LogP contribution in [0.15, 0.2) is 52.3 Å². The van der Waals surface area contributed by atoms with E-state index in [1.165, 1.54) is 28.6 Å². The molecule has 3 aliphatic heterocycles. The number of ether oxygens (including phenoxy) is 3. The van der Waals surface area contributed by atoms with E-state index in [4.69, 9.17) is 14.2 Å². The first kappa shape index (κ1) is 30.7. The van der Waals surface area contributed by atoms with Crippen LogP contribution in [0.2, 0.25) is 0 Å². The molecule has 2 aromatic carbocycles. The molecule has 3 heterocycles. The molecule has 0 radical (unpaired) electrons. The Kier molecular flexibility index (Phi) is 9.08. The third-order valence-corrected chi connectivity index (χ3v) is 11.0. The van der Waals surface area contributed by atoms with Crippen LogP contribution in [0.3, 0.4) is 0 Å². The zero-order chi connectivity index (χ0) is 30.0. The molecule has 1 amide bonds. The summed E-state index contributed by atoms with van der Waals surface area (Å²) >= 11 is 0. The van der Waals surface area contributed by atoms with Gasteiger partial charge in [0.2, 0.25) is 20.0 Å². The van der Waals surface area contributed by atoms with Crippen molar-refractivity contribution in [2.45, 2.75) is 53.7 Å². The molecule has 2 atom stereocenters. The molecule has 2 saturated heterocycles.